The lowest BCUT2D eigenvalue weighted by atomic mass is 10.2. The smallest absolute Gasteiger partial charge is 0.372 e. The Labute approximate surface area is 86.1 Å². The normalized spacial score (nSPS) is 12.7. The van der Waals surface area contributed by atoms with Gasteiger partial charge in [-0.3, -0.25) is 0 Å². The predicted octanol–water partition coefficient (Wildman–Crippen LogP) is -0.579. The van der Waals surface area contributed by atoms with Gasteiger partial charge in [0.25, 0.3) is 0 Å². The summed E-state index contributed by atoms with van der Waals surface area (Å²) in [6.07, 6.45) is 0.452. The van der Waals surface area contributed by atoms with Gasteiger partial charge in [-0.05, 0) is 6.07 Å². The van der Waals surface area contributed by atoms with Crippen molar-refractivity contribution >= 4 is 5.97 Å². The molecule has 6 heteroatoms. The van der Waals surface area contributed by atoms with Gasteiger partial charge in [-0.25, -0.2) is 4.79 Å². The summed E-state index contributed by atoms with van der Waals surface area (Å²) in [6.45, 7) is 0.139. The largest absolute Gasteiger partial charge is 0.475 e. The minimum absolute atomic E-state index is 0.110. The Bertz CT molecular complexity index is 322. The van der Waals surface area contributed by atoms with Crippen molar-refractivity contribution in [2.24, 2.45) is 0 Å². The molecule has 6 nitrogen and oxygen atoms in total. The quantitative estimate of drug-likeness (QED) is 0.506. The van der Waals surface area contributed by atoms with Crippen LogP contribution < -0.4 is 5.32 Å². The Morgan fingerprint density at radius 3 is 2.93 bits per heavy atom. The SMILES string of the molecule is O=C(O)c1occc1CNCC(O)CO. The van der Waals surface area contributed by atoms with Crippen molar-refractivity contribution in [3.05, 3.63) is 23.7 Å². The third kappa shape index (κ3) is 3.35. The molecule has 0 aromatic carbocycles. The number of rotatable bonds is 6. The molecular weight excluding hydrogens is 202 g/mol. The van der Waals surface area contributed by atoms with Crippen LogP contribution in [0.2, 0.25) is 0 Å². The fraction of sp³-hybridized carbons (Fsp3) is 0.444. The monoisotopic (exact) mass is 215 g/mol. The maximum Gasteiger partial charge on any atom is 0.372 e. The molecule has 1 aromatic rings. The maximum atomic E-state index is 10.6. The summed E-state index contributed by atoms with van der Waals surface area (Å²) in [6, 6.07) is 1.54. The topological polar surface area (TPSA) is 103 Å². The molecule has 0 spiro atoms. The van der Waals surface area contributed by atoms with E-state index in [4.69, 9.17) is 19.7 Å². The van der Waals surface area contributed by atoms with Crippen molar-refractivity contribution in [2.45, 2.75) is 12.6 Å². The van der Waals surface area contributed by atoms with Crippen LogP contribution in [0.1, 0.15) is 16.1 Å². The van der Waals surface area contributed by atoms with Gasteiger partial charge in [-0.1, -0.05) is 0 Å². The Morgan fingerprint density at radius 1 is 1.60 bits per heavy atom. The maximum absolute atomic E-state index is 10.6. The van der Waals surface area contributed by atoms with Crippen LogP contribution in [0.4, 0.5) is 0 Å². The van der Waals surface area contributed by atoms with Crippen molar-refractivity contribution in [1.82, 2.24) is 5.32 Å². The first-order valence-electron chi connectivity index (χ1n) is 4.44. The van der Waals surface area contributed by atoms with E-state index >= 15 is 0 Å². The number of furan rings is 1. The fourth-order valence-electron chi connectivity index (χ4n) is 1.10. The first-order chi connectivity index (χ1) is 7.15. The Balaban J connectivity index is 2.44. The molecule has 0 amide bonds. The highest BCUT2D eigenvalue weighted by molar-refractivity contribution is 5.86. The minimum Gasteiger partial charge on any atom is -0.475 e. The molecule has 4 N–H and O–H groups in total. The van der Waals surface area contributed by atoms with Crippen LogP contribution >= 0.6 is 0 Å². The molecule has 0 saturated carbocycles. The first kappa shape index (κ1) is 11.7. The van der Waals surface area contributed by atoms with Crippen molar-refractivity contribution in [2.75, 3.05) is 13.2 Å². The van der Waals surface area contributed by atoms with E-state index in [0.29, 0.717) is 5.56 Å². The van der Waals surface area contributed by atoms with Crippen LogP contribution in [0.5, 0.6) is 0 Å². The molecule has 84 valence electrons. The molecule has 0 saturated heterocycles. The zero-order chi connectivity index (χ0) is 11.3. The molecule has 1 atom stereocenters. The van der Waals surface area contributed by atoms with Crippen LogP contribution in [-0.2, 0) is 6.54 Å². The lowest BCUT2D eigenvalue weighted by molar-refractivity contribution is 0.0660. The lowest BCUT2D eigenvalue weighted by Crippen LogP contribution is -2.29. The summed E-state index contributed by atoms with van der Waals surface area (Å²) in [7, 11) is 0. The Morgan fingerprint density at radius 2 is 2.33 bits per heavy atom. The zero-order valence-electron chi connectivity index (χ0n) is 8.01. The highest BCUT2D eigenvalue weighted by Crippen LogP contribution is 2.09. The average Bonchev–Trinajstić information content (AvgIpc) is 2.65. The molecule has 0 aliphatic carbocycles. The van der Waals surface area contributed by atoms with E-state index in [1.807, 2.05) is 0 Å². The van der Waals surface area contributed by atoms with E-state index in [-0.39, 0.29) is 25.5 Å². The molecule has 1 heterocycles. The highest BCUT2D eigenvalue weighted by Gasteiger charge is 2.13. The number of carboxylic acids is 1. The number of nitrogens with one attached hydrogen (secondary N) is 1. The van der Waals surface area contributed by atoms with E-state index in [1.165, 1.54) is 6.26 Å². The molecule has 0 fully saturated rings. The second-order valence-electron chi connectivity index (χ2n) is 3.05. The van der Waals surface area contributed by atoms with Gasteiger partial charge in [-0.15, -0.1) is 0 Å². The van der Waals surface area contributed by atoms with Gasteiger partial charge in [0.15, 0.2) is 0 Å². The fourth-order valence-corrected chi connectivity index (χ4v) is 1.10. The summed E-state index contributed by atoms with van der Waals surface area (Å²) in [5, 5.41) is 29.0. The Kier molecular flexibility index (Phi) is 4.29. The van der Waals surface area contributed by atoms with E-state index in [1.54, 1.807) is 6.07 Å². The van der Waals surface area contributed by atoms with Crippen molar-refractivity contribution in [3.8, 4) is 0 Å². The standard InChI is InChI=1S/C9H13NO5/c11-5-7(12)4-10-3-6-1-2-15-8(6)9(13)14/h1-2,7,10-12H,3-5H2,(H,13,14). The molecular formula is C9H13NO5. The van der Waals surface area contributed by atoms with Gasteiger partial charge in [0.2, 0.25) is 5.76 Å². The third-order valence-electron chi connectivity index (χ3n) is 1.85. The van der Waals surface area contributed by atoms with E-state index in [2.05, 4.69) is 5.32 Å². The van der Waals surface area contributed by atoms with Crippen molar-refractivity contribution in [3.63, 3.8) is 0 Å². The van der Waals surface area contributed by atoms with Crippen LogP contribution in [0, 0.1) is 0 Å². The molecule has 15 heavy (non-hydrogen) atoms. The predicted molar refractivity (Wildman–Crippen MR) is 50.5 cm³/mol. The number of carboxylic acid groups (broad SMARTS) is 1. The first-order valence-corrected chi connectivity index (χ1v) is 4.44. The van der Waals surface area contributed by atoms with Crippen LogP contribution in [0.25, 0.3) is 0 Å². The van der Waals surface area contributed by atoms with Crippen LogP contribution in [-0.4, -0.2) is 40.5 Å². The number of aliphatic hydroxyl groups excluding tert-OH is 2. The summed E-state index contributed by atoms with van der Waals surface area (Å²) in [5.74, 6) is -1.24. The molecule has 0 aliphatic rings. The van der Waals surface area contributed by atoms with E-state index in [0.717, 1.165) is 0 Å². The summed E-state index contributed by atoms with van der Waals surface area (Å²) in [4.78, 5) is 10.6. The molecule has 0 bridgehead atoms. The second-order valence-corrected chi connectivity index (χ2v) is 3.05. The van der Waals surface area contributed by atoms with Crippen LogP contribution in [0.15, 0.2) is 16.7 Å². The van der Waals surface area contributed by atoms with Crippen molar-refractivity contribution in [1.29, 1.82) is 0 Å². The van der Waals surface area contributed by atoms with Crippen molar-refractivity contribution < 1.29 is 24.5 Å². The number of aromatic carboxylic acids is 1. The molecule has 0 radical (unpaired) electrons. The van der Waals surface area contributed by atoms with Gasteiger partial charge < -0.3 is 25.1 Å². The third-order valence-corrected chi connectivity index (χ3v) is 1.85. The molecule has 1 unspecified atom stereocenters. The van der Waals surface area contributed by atoms with Gasteiger partial charge in [0.05, 0.1) is 19.0 Å². The second kappa shape index (κ2) is 5.50. The summed E-state index contributed by atoms with van der Waals surface area (Å²) < 4.78 is 4.76. The van der Waals surface area contributed by atoms with E-state index < -0.39 is 12.1 Å². The average molecular weight is 215 g/mol. The lowest BCUT2D eigenvalue weighted by Gasteiger charge is -2.07. The van der Waals surface area contributed by atoms with E-state index in [9.17, 15) is 4.79 Å². The summed E-state index contributed by atoms with van der Waals surface area (Å²) in [5.41, 5.74) is 0.507. The van der Waals surface area contributed by atoms with Gasteiger partial charge in [-0.2, -0.15) is 0 Å². The summed E-state index contributed by atoms with van der Waals surface area (Å²) >= 11 is 0. The molecule has 1 rings (SSSR count). The number of hydrogen-bond acceptors (Lipinski definition) is 5. The zero-order valence-corrected chi connectivity index (χ0v) is 8.01. The number of hydrogen-bond donors (Lipinski definition) is 4. The van der Waals surface area contributed by atoms with Gasteiger partial charge in [0, 0.05) is 18.7 Å². The highest BCUT2D eigenvalue weighted by atomic mass is 16.4. The van der Waals surface area contributed by atoms with Crippen LogP contribution in [0.3, 0.4) is 0 Å². The number of carbonyl (C=O) groups is 1. The molecule has 0 aliphatic heterocycles. The van der Waals surface area contributed by atoms with Gasteiger partial charge in [0.1, 0.15) is 0 Å². The van der Waals surface area contributed by atoms with Gasteiger partial charge >= 0.3 is 5.97 Å². The minimum atomic E-state index is -1.13. The Hall–Kier alpha value is -1.37. The molecule has 1 aromatic heterocycles. The number of aliphatic hydroxyl groups is 2.